The van der Waals surface area contributed by atoms with Crippen molar-refractivity contribution in [1.29, 1.82) is 5.41 Å². The van der Waals surface area contributed by atoms with Crippen LogP contribution in [0.2, 0.25) is 0 Å². The maximum atomic E-state index is 12.5. The van der Waals surface area contributed by atoms with E-state index in [1.165, 1.54) is 0 Å². The summed E-state index contributed by atoms with van der Waals surface area (Å²) < 4.78 is 0. The molecule has 1 aliphatic carbocycles. The predicted molar refractivity (Wildman–Crippen MR) is 90.5 cm³/mol. The first-order valence-electron chi connectivity index (χ1n) is 7.67. The van der Waals surface area contributed by atoms with Gasteiger partial charge in [-0.2, -0.15) is 0 Å². The van der Waals surface area contributed by atoms with Crippen LogP contribution in [0.1, 0.15) is 30.9 Å². The van der Waals surface area contributed by atoms with E-state index in [0.29, 0.717) is 6.54 Å². The molecule has 1 aromatic rings. The number of benzene rings is 1. The summed E-state index contributed by atoms with van der Waals surface area (Å²) in [7, 11) is 0. The van der Waals surface area contributed by atoms with Crippen molar-refractivity contribution in [3.8, 4) is 0 Å². The summed E-state index contributed by atoms with van der Waals surface area (Å²) >= 11 is 0. The largest absolute Gasteiger partial charge is 0.353 e. The van der Waals surface area contributed by atoms with Crippen LogP contribution in [0.25, 0.3) is 0 Å². The van der Waals surface area contributed by atoms with E-state index in [1.807, 2.05) is 39.0 Å². The molecular weight excluding hydrogens is 276 g/mol. The Morgan fingerprint density at radius 2 is 1.86 bits per heavy atom. The fourth-order valence-electron chi connectivity index (χ4n) is 2.78. The standard InChI is InChI=1S/C17H24N4O/c1-4-21(15-12(2)8-7-9-13(15)3)17(22)20-16(18)19-14-10-5-6-11-14/h5-9,14H,4,10-11H2,1-3H3,(H3,18,19,20,22). The Morgan fingerprint density at radius 1 is 1.27 bits per heavy atom. The molecule has 0 radical (unpaired) electrons. The Morgan fingerprint density at radius 3 is 2.41 bits per heavy atom. The Labute approximate surface area is 131 Å². The van der Waals surface area contributed by atoms with Crippen LogP contribution in [0, 0.1) is 19.3 Å². The normalized spacial score (nSPS) is 14.0. The van der Waals surface area contributed by atoms with Crippen molar-refractivity contribution in [3.63, 3.8) is 0 Å². The monoisotopic (exact) mass is 300 g/mol. The second kappa shape index (κ2) is 7.11. The fraction of sp³-hybridized carbons (Fsp3) is 0.412. The third-order valence-electron chi connectivity index (χ3n) is 3.86. The summed E-state index contributed by atoms with van der Waals surface area (Å²) in [4.78, 5) is 14.2. The number of para-hydroxylation sites is 1. The van der Waals surface area contributed by atoms with Crippen LogP contribution in [-0.2, 0) is 0 Å². The highest BCUT2D eigenvalue weighted by Crippen LogP contribution is 2.24. The van der Waals surface area contributed by atoms with Crippen LogP contribution >= 0.6 is 0 Å². The minimum absolute atomic E-state index is 0.0587. The van der Waals surface area contributed by atoms with Gasteiger partial charge < -0.3 is 5.32 Å². The highest BCUT2D eigenvalue weighted by molar-refractivity contribution is 6.03. The summed E-state index contributed by atoms with van der Waals surface area (Å²) in [5.41, 5.74) is 3.02. The van der Waals surface area contributed by atoms with E-state index < -0.39 is 0 Å². The Balaban J connectivity index is 2.04. The Kier molecular flexibility index (Phi) is 5.20. The van der Waals surface area contributed by atoms with E-state index in [4.69, 9.17) is 5.41 Å². The van der Waals surface area contributed by atoms with Crippen LogP contribution in [0.5, 0.6) is 0 Å². The van der Waals surface area contributed by atoms with Gasteiger partial charge in [-0.3, -0.25) is 15.6 Å². The summed E-state index contributed by atoms with van der Waals surface area (Å²) in [6.07, 6.45) is 5.96. The topological polar surface area (TPSA) is 68.2 Å². The number of hydrogen-bond acceptors (Lipinski definition) is 2. The average Bonchev–Trinajstić information content (AvgIpc) is 2.95. The number of carbonyl (C=O) groups excluding carboxylic acids is 1. The molecule has 22 heavy (non-hydrogen) atoms. The van der Waals surface area contributed by atoms with Gasteiger partial charge in [0, 0.05) is 12.6 Å². The minimum Gasteiger partial charge on any atom is -0.353 e. The van der Waals surface area contributed by atoms with Crippen LogP contribution in [0.4, 0.5) is 10.5 Å². The zero-order valence-corrected chi connectivity index (χ0v) is 13.4. The third kappa shape index (κ3) is 3.67. The molecule has 0 aliphatic heterocycles. The van der Waals surface area contributed by atoms with Gasteiger partial charge in [0.2, 0.25) is 0 Å². The molecule has 2 rings (SSSR count). The lowest BCUT2D eigenvalue weighted by Crippen LogP contribution is -2.50. The van der Waals surface area contributed by atoms with Crippen LogP contribution < -0.4 is 15.5 Å². The molecule has 5 heteroatoms. The van der Waals surface area contributed by atoms with Gasteiger partial charge in [-0.25, -0.2) is 4.79 Å². The highest BCUT2D eigenvalue weighted by atomic mass is 16.2. The lowest BCUT2D eigenvalue weighted by atomic mass is 10.1. The molecular formula is C17H24N4O. The quantitative estimate of drug-likeness (QED) is 0.456. The first-order valence-corrected chi connectivity index (χ1v) is 7.67. The SMILES string of the molecule is CCN(C(=O)NC(=N)NC1CC=CC1)c1c(C)cccc1C. The first-order chi connectivity index (χ1) is 10.5. The number of rotatable bonds is 3. The average molecular weight is 300 g/mol. The fourth-order valence-corrected chi connectivity index (χ4v) is 2.78. The molecule has 2 amide bonds. The van der Waals surface area contributed by atoms with Crippen molar-refractivity contribution in [2.45, 2.75) is 39.7 Å². The summed E-state index contributed by atoms with van der Waals surface area (Å²) in [5, 5.41) is 13.6. The van der Waals surface area contributed by atoms with Crippen LogP contribution in [-0.4, -0.2) is 24.6 Å². The Hall–Kier alpha value is -2.30. The first kappa shape index (κ1) is 16.1. The van der Waals surface area contributed by atoms with Gasteiger partial charge in [-0.15, -0.1) is 0 Å². The molecule has 0 atom stereocenters. The molecule has 3 N–H and O–H groups in total. The molecule has 0 bridgehead atoms. The van der Waals surface area contributed by atoms with Gasteiger partial charge in [0.25, 0.3) is 0 Å². The highest BCUT2D eigenvalue weighted by Gasteiger charge is 2.19. The van der Waals surface area contributed by atoms with Crippen molar-refractivity contribution in [2.75, 3.05) is 11.4 Å². The van der Waals surface area contributed by atoms with E-state index in [9.17, 15) is 4.79 Å². The number of urea groups is 1. The summed E-state index contributed by atoms with van der Waals surface area (Å²) in [6, 6.07) is 5.90. The van der Waals surface area contributed by atoms with Gasteiger partial charge in [-0.1, -0.05) is 30.4 Å². The van der Waals surface area contributed by atoms with Crippen molar-refractivity contribution in [2.24, 2.45) is 0 Å². The molecule has 0 unspecified atom stereocenters. The van der Waals surface area contributed by atoms with Gasteiger partial charge in [0.15, 0.2) is 5.96 Å². The zero-order valence-electron chi connectivity index (χ0n) is 13.4. The smallest absolute Gasteiger partial charge is 0.328 e. The number of nitrogens with zero attached hydrogens (tertiary/aromatic N) is 1. The van der Waals surface area contributed by atoms with Gasteiger partial charge >= 0.3 is 6.03 Å². The minimum atomic E-state index is -0.275. The van der Waals surface area contributed by atoms with Crippen molar-refractivity contribution >= 4 is 17.7 Å². The van der Waals surface area contributed by atoms with Gasteiger partial charge in [0.1, 0.15) is 0 Å². The molecule has 0 heterocycles. The predicted octanol–water partition coefficient (Wildman–Crippen LogP) is 3.08. The second-order valence-electron chi connectivity index (χ2n) is 5.57. The number of carbonyl (C=O) groups is 1. The number of aryl methyl sites for hydroxylation is 2. The third-order valence-corrected chi connectivity index (χ3v) is 3.86. The molecule has 0 aromatic heterocycles. The molecule has 0 saturated carbocycles. The molecule has 1 aliphatic rings. The van der Waals surface area contributed by atoms with Crippen LogP contribution in [0.3, 0.4) is 0 Å². The molecule has 1 aromatic carbocycles. The van der Waals surface area contributed by atoms with Gasteiger partial charge in [0.05, 0.1) is 5.69 Å². The van der Waals surface area contributed by atoms with Gasteiger partial charge in [-0.05, 0) is 44.7 Å². The molecule has 0 fully saturated rings. The Bertz CT molecular complexity index is 566. The zero-order chi connectivity index (χ0) is 16.1. The van der Waals surface area contributed by atoms with Crippen molar-refractivity contribution < 1.29 is 4.79 Å². The molecule has 0 saturated heterocycles. The van der Waals surface area contributed by atoms with E-state index >= 15 is 0 Å². The molecule has 0 spiro atoms. The van der Waals surface area contributed by atoms with Crippen LogP contribution in [0.15, 0.2) is 30.4 Å². The molecule has 5 nitrogen and oxygen atoms in total. The van der Waals surface area contributed by atoms with E-state index in [2.05, 4.69) is 22.8 Å². The summed E-state index contributed by atoms with van der Waals surface area (Å²) in [6.45, 7) is 6.47. The summed E-state index contributed by atoms with van der Waals surface area (Å²) in [5.74, 6) is 0.0587. The number of hydrogen-bond donors (Lipinski definition) is 3. The maximum Gasteiger partial charge on any atom is 0.328 e. The van der Waals surface area contributed by atoms with E-state index in [0.717, 1.165) is 29.7 Å². The lowest BCUT2D eigenvalue weighted by Gasteiger charge is -2.26. The number of anilines is 1. The lowest BCUT2D eigenvalue weighted by molar-refractivity contribution is 0.250. The molecule has 118 valence electrons. The van der Waals surface area contributed by atoms with Crippen molar-refractivity contribution in [1.82, 2.24) is 10.6 Å². The number of amides is 2. The second-order valence-corrected chi connectivity index (χ2v) is 5.57. The number of nitrogens with one attached hydrogen (secondary N) is 3. The van der Waals surface area contributed by atoms with Crippen molar-refractivity contribution in [3.05, 3.63) is 41.5 Å². The maximum absolute atomic E-state index is 12.5. The van der Waals surface area contributed by atoms with E-state index in [-0.39, 0.29) is 18.0 Å². The number of guanidine groups is 1. The van der Waals surface area contributed by atoms with E-state index in [1.54, 1.807) is 4.90 Å².